The molecule has 1 heterocycles. The van der Waals surface area contributed by atoms with E-state index in [-0.39, 0.29) is 29.2 Å². The second-order valence-corrected chi connectivity index (χ2v) is 10.1. The highest BCUT2D eigenvalue weighted by molar-refractivity contribution is 7.86. The number of likely N-dealkylation sites (tertiary alicyclic amines) is 1. The van der Waals surface area contributed by atoms with Crippen molar-refractivity contribution in [1.82, 2.24) is 4.90 Å². The van der Waals surface area contributed by atoms with Gasteiger partial charge in [-0.15, -0.1) is 0 Å². The Hall–Kier alpha value is -2.54. The van der Waals surface area contributed by atoms with Gasteiger partial charge in [-0.1, -0.05) is 60.2 Å². The zero-order valence-electron chi connectivity index (χ0n) is 18.2. The number of piperidine rings is 1. The molecule has 0 amide bonds. The van der Waals surface area contributed by atoms with Crippen molar-refractivity contribution in [1.29, 1.82) is 0 Å². The highest BCUT2D eigenvalue weighted by atomic mass is 32.2. The van der Waals surface area contributed by atoms with Gasteiger partial charge in [0.15, 0.2) is 0 Å². The molecule has 0 spiro atoms. The summed E-state index contributed by atoms with van der Waals surface area (Å²) in [6, 6.07) is 23.4. The third kappa shape index (κ3) is 5.63. The van der Waals surface area contributed by atoms with Gasteiger partial charge in [-0.3, -0.25) is 9.08 Å². The van der Waals surface area contributed by atoms with E-state index in [2.05, 4.69) is 17.0 Å². The molecule has 32 heavy (non-hydrogen) atoms. The molecule has 1 aliphatic heterocycles. The van der Waals surface area contributed by atoms with E-state index in [9.17, 15) is 12.8 Å². The van der Waals surface area contributed by atoms with E-state index in [1.165, 1.54) is 17.7 Å². The summed E-state index contributed by atoms with van der Waals surface area (Å²) in [5.74, 6) is -0.195. The normalized spacial score (nSPS) is 19.7. The van der Waals surface area contributed by atoms with Gasteiger partial charge in [-0.25, -0.2) is 4.39 Å². The summed E-state index contributed by atoms with van der Waals surface area (Å²) in [6.07, 6.45) is 0.858. The van der Waals surface area contributed by atoms with Crippen LogP contribution < -0.4 is 0 Å². The first kappa shape index (κ1) is 22.6. The van der Waals surface area contributed by atoms with Gasteiger partial charge in [0, 0.05) is 19.0 Å². The van der Waals surface area contributed by atoms with E-state index < -0.39 is 10.1 Å². The summed E-state index contributed by atoms with van der Waals surface area (Å²) >= 11 is 0. The van der Waals surface area contributed by atoms with Crippen molar-refractivity contribution in [2.24, 2.45) is 5.92 Å². The molecule has 1 fully saturated rings. The Balaban J connectivity index is 1.51. The first-order chi connectivity index (χ1) is 15.4. The Morgan fingerprint density at radius 1 is 0.969 bits per heavy atom. The standard InChI is InChI=1S/C26H28FNO3S/c1-20-7-13-25(14-8-20)32(29,30)31-19-23-18-28(17-21-5-3-2-4-6-21)16-15-26(23)22-9-11-24(27)12-10-22/h2-14,23,26H,15-19H2,1H3/t23-,26-/m0/s1. The monoisotopic (exact) mass is 453 g/mol. The molecule has 3 aromatic rings. The molecule has 4 nitrogen and oxygen atoms in total. The number of nitrogens with zero attached hydrogens (tertiary/aromatic N) is 1. The molecular weight excluding hydrogens is 425 g/mol. The molecule has 0 unspecified atom stereocenters. The summed E-state index contributed by atoms with van der Waals surface area (Å²) in [5.41, 5.74) is 3.23. The highest BCUT2D eigenvalue weighted by Gasteiger charge is 2.32. The summed E-state index contributed by atoms with van der Waals surface area (Å²) in [5, 5.41) is 0. The number of rotatable bonds is 7. The number of hydrogen-bond acceptors (Lipinski definition) is 4. The summed E-state index contributed by atoms with van der Waals surface area (Å²) in [6.45, 7) is 4.40. The van der Waals surface area contributed by atoms with Crippen molar-refractivity contribution in [2.75, 3.05) is 19.7 Å². The van der Waals surface area contributed by atoms with Crippen molar-refractivity contribution in [2.45, 2.75) is 30.7 Å². The molecule has 2 atom stereocenters. The van der Waals surface area contributed by atoms with Gasteiger partial charge in [0.1, 0.15) is 5.82 Å². The van der Waals surface area contributed by atoms with Crippen molar-refractivity contribution >= 4 is 10.1 Å². The lowest BCUT2D eigenvalue weighted by molar-refractivity contribution is 0.108. The van der Waals surface area contributed by atoms with Crippen LogP contribution in [0.3, 0.4) is 0 Å². The quantitative estimate of drug-likeness (QED) is 0.465. The maximum atomic E-state index is 13.5. The second-order valence-electron chi connectivity index (χ2n) is 8.48. The van der Waals surface area contributed by atoms with E-state index in [1.54, 1.807) is 36.4 Å². The molecule has 6 heteroatoms. The first-order valence-electron chi connectivity index (χ1n) is 10.9. The van der Waals surface area contributed by atoms with Gasteiger partial charge in [-0.05, 0) is 61.2 Å². The SMILES string of the molecule is Cc1ccc(S(=O)(=O)OC[C@@H]2CN(Cc3ccccc3)CC[C@H]2c2ccc(F)cc2)cc1. The highest BCUT2D eigenvalue weighted by Crippen LogP contribution is 2.34. The lowest BCUT2D eigenvalue weighted by atomic mass is 9.81. The molecule has 3 aromatic carbocycles. The number of halogens is 1. The molecule has 1 aliphatic rings. The summed E-state index contributed by atoms with van der Waals surface area (Å²) in [7, 11) is -3.84. The average Bonchev–Trinajstić information content (AvgIpc) is 2.80. The van der Waals surface area contributed by atoms with Crippen LogP contribution >= 0.6 is 0 Å². The fraction of sp³-hybridized carbons (Fsp3) is 0.308. The molecular formula is C26H28FNO3S. The first-order valence-corrected chi connectivity index (χ1v) is 12.3. The summed E-state index contributed by atoms with van der Waals surface area (Å²) in [4.78, 5) is 2.50. The third-order valence-electron chi connectivity index (χ3n) is 6.11. The molecule has 168 valence electrons. The van der Waals surface area contributed by atoms with Crippen molar-refractivity contribution in [3.05, 3.63) is 101 Å². The Bertz CT molecular complexity index is 1120. The summed E-state index contributed by atoms with van der Waals surface area (Å²) < 4.78 is 44.5. The molecule has 4 rings (SSSR count). The molecule has 1 saturated heterocycles. The van der Waals surface area contributed by atoms with Crippen LogP contribution in [0.5, 0.6) is 0 Å². The number of hydrogen-bond donors (Lipinski definition) is 0. The number of benzene rings is 3. The maximum Gasteiger partial charge on any atom is 0.296 e. The lowest BCUT2D eigenvalue weighted by Crippen LogP contribution is -2.41. The minimum atomic E-state index is -3.84. The Morgan fingerprint density at radius 2 is 1.66 bits per heavy atom. The smallest absolute Gasteiger partial charge is 0.296 e. The maximum absolute atomic E-state index is 13.5. The van der Waals surface area contributed by atoms with Crippen LogP contribution in [-0.4, -0.2) is 33.0 Å². The third-order valence-corrected chi connectivity index (χ3v) is 7.41. The minimum absolute atomic E-state index is 0.0295. The van der Waals surface area contributed by atoms with Crippen LogP contribution in [0.15, 0.2) is 83.8 Å². The predicted molar refractivity (Wildman–Crippen MR) is 123 cm³/mol. The fourth-order valence-corrected chi connectivity index (χ4v) is 5.32. The predicted octanol–water partition coefficient (Wildman–Crippen LogP) is 5.15. The van der Waals surface area contributed by atoms with Crippen molar-refractivity contribution < 1.29 is 17.0 Å². The van der Waals surface area contributed by atoms with Gasteiger partial charge in [0.25, 0.3) is 10.1 Å². The van der Waals surface area contributed by atoms with Gasteiger partial charge in [-0.2, -0.15) is 8.42 Å². The van der Waals surface area contributed by atoms with E-state index in [1.807, 2.05) is 25.1 Å². The van der Waals surface area contributed by atoms with Gasteiger partial charge in [0.2, 0.25) is 0 Å². The largest absolute Gasteiger partial charge is 0.299 e. The van der Waals surface area contributed by atoms with Gasteiger partial charge >= 0.3 is 0 Å². The minimum Gasteiger partial charge on any atom is -0.299 e. The topological polar surface area (TPSA) is 46.6 Å². The van der Waals surface area contributed by atoms with Crippen LogP contribution in [0.25, 0.3) is 0 Å². The van der Waals surface area contributed by atoms with Crippen LogP contribution in [0.4, 0.5) is 4.39 Å². The second kappa shape index (κ2) is 9.94. The van der Waals surface area contributed by atoms with Crippen LogP contribution in [0.1, 0.15) is 29.0 Å². The van der Waals surface area contributed by atoms with Crippen molar-refractivity contribution in [3.8, 4) is 0 Å². The molecule has 0 aliphatic carbocycles. The Labute approximate surface area is 189 Å². The van der Waals surface area contributed by atoms with Gasteiger partial charge in [0.05, 0.1) is 11.5 Å². The average molecular weight is 454 g/mol. The lowest BCUT2D eigenvalue weighted by Gasteiger charge is -2.38. The fourth-order valence-electron chi connectivity index (χ4n) is 4.36. The molecule has 0 radical (unpaired) electrons. The zero-order valence-corrected chi connectivity index (χ0v) is 19.0. The van der Waals surface area contributed by atoms with E-state index in [4.69, 9.17) is 4.18 Å². The number of aryl methyl sites for hydroxylation is 1. The molecule has 0 N–H and O–H groups in total. The van der Waals surface area contributed by atoms with E-state index in [0.29, 0.717) is 6.54 Å². The Morgan fingerprint density at radius 3 is 2.34 bits per heavy atom. The van der Waals surface area contributed by atoms with Gasteiger partial charge < -0.3 is 0 Å². The molecule has 0 saturated carbocycles. The van der Waals surface area contributed by atoms with E-state index >= 15 is 0 Å². The zero-order chi connectivity index (χ0) is 22.6. The van der Waals surface area contributed by atoms with E-state index in [0.717, 1.165) is 30.6 Å². The van der Waals surface area contributed by atoms with Crippen LogP contribution in [0, 0.1) is 18.7 Å². The Kier molecular flexibility index (Phi) is 7.04. The van der Waals surface area contributed by atoms with Crippen LogP contribution in [-0.2, 0) is 20.8 Å². The molecule has 0 aromatic heterocycles. The van der Waals surface area contributed by atoms with Crippen LogP contribution in [0.2, 0.25) is 0 Å². The van der Waals surface area contributed by atoms with Crippen molar-refractivity contribution in [3.63, 3.8) is 0 Å². The molecule has 0 bridgehead atoms.